The summed E-state index contributed by atoms with van der Waals surface area (Å²) in [6.45, 7) is 4.63. The van der Waals surface area contributed by atoms with Gasteiger partial charge in [0.25, 0.3) is 0 Å². The Kier molecular flexibility index (Phi) is 4.15. The molecule has 3 heteroatoms. The zero-order chi connectivity index (χ0) is 13.2. The van der Waals surface area contributed by atoms with Gasteiger partial charge in [-0.25, -0.2) is 0 Å². The fraction of sp³-hybridized carbons (Fsp3) is 0.625. The van der Waals surface area contributed by atoms with Crippen LogP contribution in [0.4, 0.5) is 0 Å². The van der Waals surface area contributed by atoms with E-state index in [0.717, 1.165) is 6.42 Å². The first kappa shape index (κ1) is 13.5. The minimum absolute atomic E-state index is 0.412. The van der Waals surface area contributed by atoms with E-state index in [1.807, 2.05) is 11.8 Å². The van der Waals surface area contributed by atoms with Gasteiger partial charge < -0.3 is 5.73 Å². The summed E-state index contributed by atoms with van der Waals surface area (Å²) < 4.78 is 0. The van der Waals surface area contributed by atoms with Crippen LogP contribution in [0.5, 0.6) is 0 Å². The van der Waals surface area contributed by atoms with E-state index in [2.05, 4.69) is 36.1 Å². The summed E-state index contributed by atoms with van der Waals surface area (Å²) in [5.41, 5.74) is 7.79. The Morgan fingerprint density at radius 2 is 2.16 bits per heavy atom. The lowest BCUT2D eigenvalue weighted by Gasteiger charge is -2.42. The van der Waals surface area contributed by atoms with Crippen LogP contribution in [-0.2, 0) is 0 Å². The zero-order valence-electron chi connectivity index (χ0n) is 11.7. The van der Waals surface area contributed by atoms with Gasteiger partial charge in [0.1, 0.15) is 0 Å². The van der Waals surface area contributed by atoms with Crippen LogP contribution in [0.15, 0.2) is 29.2 Å². The molecule has 2 aliphatic rings. The van der Waals surface area contributed by atoms with Gasteiger partial charge in [0.15, 0.2) is 0 Å². The molecule has 0 amide bonds. The summed E-state index contributed by atoms with van der Waals surface area (Å²) in [5, 5.41) is 0. The standard InChI is InChI=1S/C16H24N2S/c1-2-12-11-18(9-7-14(12)17)15-8-10-19-16-6-4-3-5-13(15)16/h3-6,12,14-15H,2,7-11,17H2,1H3. The zero-order valence-corrected chi connectivity index (χ0v) is 12.5. The Hall–Kier alpha value is -0.510. The minimum atomic E-state index is 0.412. The Labute approximate surface area is 120 Å². The van der Waals surface area contributed by atoms with Gasteiger partial charge in [-0.15, -0.1) is 11.8 Å². The first-order valence-electron chi connectivity index (χ1n) is 7.51. The monoisotopic (exact) mass is 276 g/mol. The van der Waals surface area contributed by atoms with Crippen LogP contribution in [0.3, 0.4) is 0 Å². The average molecular weight is 276 g/mol. The maximum atomic E-state index is 6.25. The number of hydrogen-bond acceptors (Lipinski definition) is 3. The number of rotatable bonds is 2. The topological polar surface area (TPSA) is 29.3 Å². The quantitative estimate of drug-likeness (QED) is 0.899. The van der Waals surface area contributed by atoms with Crippen LogP contribution in [-0.4, -0.2) is 29.8 Å². The smallest absolute Gasteiger partial charge is 0.0367 e. The van der Waals surface area contributed by atoms with Gasteiger partial charge in [-0.1, -0.05) is 31.5 Å². The molecule has 104 valence electrons. The van der Waals surface area contributed by atoms with Crippen LogP contribution >= 0.6 is 11.8 Å². The lowest BCUT2D eigenvalue weighted by atomic mass is 9.88. The lowest BCUT2D eigenvalue weighted by molar-refractivity contribution is 0.102. The third-order valence-electron chi connectivity index (χ3n) is 4.72. The molecule has 0 radical (unpaired) electrons. The van der Waals surface area contributed by atoms with Crippen molar-refractivity contribution in [2.45, 2.75) is 43.2 Å². The van der Waals surface area contributed by atoms with Crippen molar-refractivity contribution in [2.75, 3.05) is 18.8 Å². The highest BCUT2D eigenvalue weighted by Crippen LogP contribution is 2.40. The van der Waals surface area contributed by atoms with E-state index in [0.29, 0.717) is 18.0 Å². The molecule has 1 aromatic carbocycles. The molecule has 0 aromatic heterocycles. The first-order chi connectivity index (χ1) is 9.29. The molecule has 2 aliphatic heterocycles. The van der Waals surface area contributed by atoms with Crippen molar-refractivity contribution < 1.29 is 0 Å². The van der Waals surface area contributed by atoms with Gasteiger partial charge in [-0.3, -0.25) is 4.90 Å². The fourth-order valence-corrected chi connectivity index (χ4v) is 4.60. The molecular formula is C16H24N2S. The van der Waals surface area contributed by atoms with E-state index >= 15 is 0 Å². The molecular weight excluding hydrogens is 252 g/mol. The molecule has 1 fully saturated rings. The van der Waals surface area contributed by atoms with E-state index in [4.69, 9.17) is 5.73 Å². The molecule has 3 rings (SSSR count). The fourth-order valence-electron chi connectivity index (χ4n) is 3.50. The molecule has 0 bridgehead atoms. The van der Waals surface area contributed by atoms with Gasteiger partial charge in [0.2, 0.25) is 0 Å². The van der Waals surface area contributed by atoms with Crippen molar-refractivity contribution >= 4 is 11.8 Å². The summed E-state index contributed by atoms with van der Waals surface area (Å²) >= 11 is 2.01. The predicted molar refractivity (Wildman–Crippen MR) is 82.5 cm³/mol. The van der Waals surface area contributed by atoms with E-state index < -0.39 is 0 Å². The minimum Gasteiger partial charge on any atom is -0.327 e. The number of nitrogens with two attached hydrogens (primary N) is 1. The summed E-state index contributed by atoms with van der Waals surface area (Å²) in [4.78, 5) is 4.18. The van der Waals surface area contributed by atoms with Crippen LogP contribution in [0, 0.1) is 5.92 Å². The number of thioether (sulfide) groups is 1. The van der Waals surface area contributed by atoms with Crippen molar-refractivity contribution in [3.05, 3.63) is 29.8 Å². The van der Waals surface area contributed by atoms with Crippen LogP contribution in [0.25, 0.3) is 0 Å². The number of likely N-dealkylation sites (tertiary alicyclic amines) is 1. The number of benzene rings is 1. The van der Waals surface area contributed by atoms with Gasteiger partial charge in [-0.2, -0.15) is 0 Å². The third-order valence-corrected chi connectivity index (χ3v) is 5.84. The van der Waals surface area contributed by atoms with E-state index in [-0.39, 0.29) is 0 Å². The SMILES string of the molecule is CCC1CN(C2CCSc3ccccc32)CCC1N. The molecule has 2 N–H and O–H groups in total. The first-order valence-corrected chi connectivity index (χ1v) is 8.49. The van der Waals surface area contributed by atoms with E-state index in [1.54, 1.807) is 5.56 Å². The Morgan fingerprint density at radius 3 is 3.00 bits per heavy atom. The summed E-state index contributed by atoms with van der Waals surface area (Å²) in [7, 11) is 0. The average Bonchev–Trinajstić information content (AvgIpc) is 2.47. The van der Waals surface area contributed by atoms with E-state index in [9.17, 15) is 0 Å². The maximum Gasteiger partial charge on any atom is 0.0367 e. The second-order valence-corrected chi connectivity index (χ2v) is 6.94. The van der Waals surface area contributed by atoms with Crippen LogP contribution in [0.2, 0.25) is 0 Å². The molecule has 0 aliphatic carbocycles. The predicted octanol–water partition coefficient (Wildman–Crippen LogP) is 3.28. The molecule has 0 spiro atoms. The highest BCUT2D eigenvalue weighted by atomic mass is 32.2. The number of hydrogen-bond donors (Lipinski definition) is 1. The third kappa shape index (κ3) is 2.69. The molecule has 19 heavy (non-hydrogen) atoms. The van der Waals surface area contributed by atoms with Gasteiger partial charge in [-0.05, 0) is 36.1 Å². The summed E-state index contributed by atoms with van der Waals surface area (Å²) in [5.74, 6) is 1.93. The molecule has 1 saturated heterocycles. The molecule has 1 aromatic rings. The largest absolute Gasteiger partial charge is 0.327 e. The van der Waals surface area contributed by atoms with Gasteiger partial charge >= 0.3 is 0 Å². The number of piperidine rings is 1. The highest BCUT2D eigenvalue weighted by Gasteiger charge is 2.32. The Morgan fingerprint density at radius 1 is 1.32 bits per heavy atom. The summed E-state index contributed by atoms with van der Waals surface area (Å²) in [6.07, 6.45) is 3.65. The molecule has 2 heterocycles. The van der Waals surface area contributed by atoms with E-state index in [1.165, 1.54) is 36.6 Å². The van der Waals surface area contributed by atoms with Crippen molar-refractivity contribution in [2.24, 2.45) is 11.7 Å². The van der Waals surface area contributed by atoms with Crippen LogP contribution < -0.4 is 5.73 Å². The summed E-state index contributed by atoms with van der Waals surface area (Å²) in [6, 6.07) is 9.98. The van der Waals surface area contributed by atoms with Gasteiger partial charge in [0, 0.05) is 30.1 Å². The van der Waals surface area contributed by atoms with Crippen molar-refractivity contribution in [1.29, 1.82) is 0 Å². The van der Waals surface area contributed by atoms with Crippen molar-refractivity contribution in [3.63, 3.8) is 0 Å². The number of nitrogens with zero attached hydrogens (tertiary/aromatic N) is 1. The van der Waals surface area contributed by atoms with Crippen molar-refractivity contribution in [1.82, 2.24) is 4.90 Å². The number of fused-ring (bicyclic) bond motifs is 1. The lowest BCUT2D eigenvalue weighted by Crippen LogP contribution is -2.48. The maximum absolute atomic E-state index is 6.25. The van der Waals surface area contributed by atoms with Crippen LogP contribution in [0.1, 0.15) is 37.8 Å². The van der Waals surface area contributed by atoms with Gasteiger partial charge in [0.05, 0.1) is 0 Å². The normalized spacial score (nSPS) is 32.0. The molecule has 2 nitrogen and oxygen atoms in total. The molecule has 3 atom stereocenters. The Balaban J connectivity index is 1.80. The molecule has 0 saturated carbocycles. The van der Waals surface area contributed by atoms with Crippen molar-refractivity contribution in [3.8, 4) is 0 Å². The Bertz CT molecular complexity index is 435. The highest BCUT2D eigenvalue weighted by molar-refractivity contribution is 7.99. The second-order valence-electron chi connectivity index (χ2n) is 5.81. The molecule has 3 unspecified atom stereocenters. The second kappa shape index (κ2) is 5.86.